The van der Waals surface area contributed by atoms with E-state index in [0.717, 1.165) is 25.0 Å². The molecule has 0 saturated carbocycles. The number of hydrogen-bond donors (Lipinski definition) is 1. The van der Waals surface area contributed by atoms with Gasteiger partial charge in [0, 0.05) is 37.8 Å². The zero-order chi connectivity index (χ0) is 17.6. The molecule has 0 spiro atoms. The molecule has 1 aliphatic rings. The summed E-state index contributed by atoms with van der Waals surface area (Å²) in [6.45, 7) is 1.74. The van der Waals surface area contributed by atoms with E-state index in [2.05, 4.69) is 10.3 Å². The topological polar surface area (TPSA) is 54.5 Å². The zero-order valence-electron chi connectivity index (χ0n) is 13.6. The smallest absolute Gasteiger partial charge is 0.322 e. The second-order valence-corrected chi connectivity index (χ2v) is 6.75. The molecular formula is C18H19Cl2N3O2. The van der Waals surface area contributed by atoms with Crippen molar-refractivity contribution in [3.05, 3.63) is 58.3 Å². The monoisotopic (exact) mass is 379 g/mol. The highest BCUT2D eigenvalue weighted by Crippen LogP contribution is 2.25. The zero-order valence-corrected chi connectivity index (χ0v) is 15.1. The number of carbonyl (C=O) groups is 1. The van der Waals surface area contributed by atoms with E-state index in [1.165, 1.54) is 0 Å². The van der Waals surface area contributed by atoms with Crippen LogP contribution in [-0.2, 0) is 11.3 Å². The van der Waals surface area contributed by atoms with E-state index in [9.17, 15) is 4.79 Å². The summed E-state index contributed by atoms with van der Waals surface area (Å²) in [5.74, 6) is 0. The van der Waals surface area contributed by atoms with E-state index < -0.39 is 0 Å². The Labute approximate surface area is 156 Å². The Morgan fingerprint density at radius 2 is 2.20 bits per heavy atom. The Morgan fingerprint density at radius 1 is 1.32 bits per heavy atom. The van der Waals surface area contributed by atoms with Crippen LogP contribution in [0.3, 0.4) is 0 Å². The number of rotatable bonds is 5. The Balaban J connectivity index is 1.72. The highest BCUT2D eigenvalue weighted by atomic mass is 35.5. The van der Waals surface area contributed by atoms with Gasteiger partial charge in [-0.25, -0.2) is 4.79 Å². The number of carbonyl (C=O) groups excluding carboxylic acids is 1. The predicted molar refractivity (Wildman–Crippen MR) is 99.1 cm³/mol. The first kappa shape index (κ1) is 18.0. The van der Waals surface area contributed by atoms with Crippen LogP contribution in [0.5, 0.6) is 0 Å². The molecule has 3 rings (SSSR count). The lowest BCUT2D eigenvalue weighted by Crippen LogP contribution is -2.39. The summed E-state index contributed by atoms with van der Waals surface area (Å²) in [4.78, 5) is 18.6. The summed E-state index contributed by atoms with van der Waals surface area (Å²) >= 11 is 11.9. The van der Waals surface area contributed by atoms with Crippen LogP contribution in [0, 0.1) is 0 Å². The lowest BCUT2D eigenvalue weighted by Gasteiger charge is -2.26. The maximum absolute atomic E-state index is 12.8. The van der Waals surface area contributed by atoms with Gasteiger partial charge in [-0.15, -0.1) is 0 Å². The molecule has 1 N–H and O–H groups in total. The molecule has 2 aromatic rings. The van der Waals surface area contributed by atoms with E-state index in [0.29, 0.717) is 28.8 Å². The number of nitrogens with zero attached hydrogens (tertiary/aromatic N) is 2. The average molecular weight is 380 g/mol. The van der Waals surface area contributed by atoms with Crippen LogP contribution in [0.15, 0.2) is 42.7 Å². The minimum absolute atomic E-state index is 0.0660. The molecule has 25 heavy (non-hydrogen) atoms. The van der Waals surface area contributed by atoms with Crippen LogP contribution < -0.4 is 5.32 Å². The van der Waals surface area contributed by atoms with Gasteiger partial charge >= 0.3 is 6.03 Å². The van der Waals surface area contributed by atoms with E-state index in [1.54, 1.807) is 35.5 Å². The molecule has 1 aromatic heterocycles. The average Bonchev–Trinajstić information content (AvgIpc) is 3.12. The second-order valence-electron chi connectivity index (χ2n) is 5.94. The maximum atomic E-state index is 12.8. The largest absolute Gasteiger partial charge is 0.376 e. The fourth-order valence-electron chi connectivity index (χ4n) is 2.74. The van der Waals surface area contributed by atoms with Crippen molar-refractivity contribution in [1.29, 1.82) is 0 Å². The molecule has 0 bridgehead atoms. The number of halogens is 2. The molecule has 7 heteroatoms. The quantitative estimate of drug-likeness (QED) is 0.825. The van der Waals surface area contributed by atoms with Gasteiger partial charge in [-0.05, 0) is 42.7 Å². The van der Waals surface area contributed by atoms with Crippen molar-refractivity contribution in [2.75, 3.05) is 18.5 Å². The van der Waals surface area contributed by atoms with Gasteiger partial charge in [-0.3, -0.25) is 4.98 Å². The van der Waals surface area contributed by atoms with Gasteiger partial charge in [0.15, 0.2) is 0 Å². The molecule has 132 valence electrons. The van der Waals surface area contributed by atoms with E-state index in [1.807, 2.05) is 12.1 Å². The molecule has 2 amide bonds. The van der Waals surface area contributed by atoms with Crippen molar-refractivity contribution in [1.82, 2.24) is 9.88 Å². The van der Waals surface area contributed by atoms with Crippen molar-refractivity contribution in [3.63, 3.8) is 0 Å². The number of amides is 2. The van der Waals surface area contributed by atoms with Gasteiger partial charge in [0.1, 0.15) is 0 Å². The number of nitrogens with one attached hydrogen (secondary N) is 1. The van der Waals surface area contributed by atoms with Gasteiger partial charge in [-0.2, -0.15) is 0 Å². The summed E-state index contributed by atoms with van der Waals surface area (Å²) in [6, 6.07) is 8.61. The van der Waals surface area contributed by atoms with Gasteiger partial charge in [0.2, 0.25) is 0 Å². The van der Waals surface area contributed by atoms with Crippen LogP contribution in [0.4, 0.5) is 10.5 Å². The summed E-state index contributed by atoms with van der Waals surface area (Å²) in [5.41, 5.74) is 1.56. The van der Waals surface area contributed by atoms with Crippen LogP contribution in [-0.4, -0.2) is 35.2 Å². The van der Waals surface area contributed by atoms with Crippen molar-refractivity contribution < 1.29 is 9.53 Å². The molecule has 1 aliphatic heterocycles. The highest BCUT2D eigenvalue weighted by molar-refractivity contribution is 6.42. The fourth-order valence-corrected chi connectivity index (χ4v) is 3.04. The van der Waals surface area contributed by atoms with Crippen molar-refractivity contribution in [3.8, 4) is 0 Å². The van der Waals surface area contributed by atoms with Crippen LogP contribution in [0.2, 0.25) is 10.0 Å². The SMILES string of the molecule is O=C(Nc1ccc(Cl)c(Cl)c1)N(Cc1cccnc1)CC1CCCO1. The first-order valence-electron chi connectivity index (χ1n) is 8.13. The first-order chi connectivity index (χ1) is 12.1. The lowest BCUT2D eigenvalue weighted by atomic mass is 10.2. The maximum Gasteiger partial charge on any atom is 0.322 e. The third kappa shape index (κ3) is 5.08. The molecule has 0 aliphatic carbocycles. The van der Waals surface area contributed by atoms with Gasteiger partial charge in [0.25, 0.3) is 0 Å². The normalized spacial score (nSPS) is 16.6. The number of urea groups is 1. The Morgan fingerprint density at radius 3 is 2.88 bits per heavy atom. The third-order valence-electron chi connectivity index (χ3n) is 4.00. The third-order valence-corrected chi connectivity index (χ3v) is 4.74. The van der Waals surface area contributed by atoms with E-state index in [-0.39, 0.29) is 12.1 Å². The number of anilines is 1. The minimum Gasteiger partial charge on any atom is -0.376 e. The molecule has 5 nitrogen and oxygen atoms in total. The van der Waals surface area contributed by atoms with Gasteiger partial charge in [0.05, 0.1) is 16.1 Å². The lowest BCUT2D eigenvalue weighted by molar-refractivity contribution is 0.0819. The van der Waals surface area contributed by atoms with Gasteiger partial charge in [-0.1, -0.05) is 29.3 Å². The standard InChI is InChI=1S/C18H19Cl2N3O2/c19-16-6-5-14(9-17(16)20)22-18(24)23(12-15-4-2-8-25-15)11-13-3-1-7-21-10-13/h1,3,5-7,9-10,15H,2,4,8,11-12H2,(H,22,24). The molecule has 2 heterocycles. The molecule has 1 saturated heterocycles. The van der Waals surface area contributed by atoms with E-state index in [4.69, 9.17) is 27.9 Å². The Kier molecular flexibility index (Phi) is 6.13. The van der Waals surface area contributed by atoms with Crippen molar-refractivity contribution in [2.45, 2.75) is 25.5 Å². The van der Waals surface area contributed by atoms with Gasteiger partial charge < -0.3 is 15.0 Å². The number of aromatic nitrogens is 1. The molecule has 1 aromatic carbocycles. The molecule has 1 atom stereocenters. The molecule has 1 unspecified atom stereocenters. The minimum atomic E-state index is -0.210. The summed E-state index contributed by atoms with van der Waals surface area (Å²) in [5, 5.41) is 3.72. The van der Waals surface area contributed by atoms with Crippen LogP contribution in [0.1, 0.15) is 18.4 Å². The van der Waals surface area contributed by atoms with Crippen molar-refractivity contribution >= 4 is 34.9 Å². The molecule has 0 radical (unpaired) electrons. The molecule has 1 fully saturated rings. The van der Waals surface area contributed by atoms with Crippen molar-refractivity contribution in [2.24, 2.45) is 0 Å². The number of pyridine rings is 1. The fraction of sp³-hybridized carbons (Fsp3) is 0.333. The number of hydrogen-bond acceptors (Lipinski definition) is 3. The summed E-state index contributed by atoms with van der Waals surface area (Å²) in [6.07, 6.45) is 5.53. The second kappa shape index (κ2) is 8.52. The number of benzene rings is 1. The summed E-state index contributed by atoms with van der Waals surface area (Å²) < 4.78 is 5.68. The first-order valence-corrected chi connectivity index (χ1v) is 8.89. The number of ether oxygens (including phenoxy) is 1. The Bertz CT molecular complexity index is 722. The molecular weight excluding hydrogens is 361 g/mol. The predicted octanol–water partition coefficient (Wildman–Crippen LogP) is 4.60. The summed E-state index contributed by atoms with van der Waals surface area (Å²) in [7, 11) is 0. The Hall–Kier alpha value is -1.82. The van der Waals surface area contributed by atoms with Crippen LogP contribution >= 0.6 is 23.2 Å². The van der Waals surface area contributed by atoms with Crippen LogP contribution in [0.25, 0.3) is 0 Å². The highest BCUT2D eigenvalue weighted by Gasteiger charge is 2.23. The van der Waals surface area contributed by atoms with E-state index >= 15 is 0 Å².